The van der Waals surface area contributed by atoms with Gasteiger partial charge in [0.25, 0.3) is 5.71 Å². The SMILES string of the molecule is O=C(NCCc1nc2c(Cl)nc(Cl)nc2o1)OCc1ccccc1. The maximum atomic E-state index is 11.6. The Balaban J connectivity index is 1.49. The molecule has 0 aliphatic rings. The van der Waals surface area contributed by atoms with Crippen molar-refractivity contribution in [1.82, 2.24) is 20.3 Å². The number of oxazole rings is 1. The molecule has 0 saturated carbocycles. The van der Waals surface area contributed by atoms with E-state index in [1.165, 1.54) is 0 Å². The summed E-state index contributed by atoms with van der Waals surface area (Å²) in [6.07, 6.45) is -0.166. The van der Waals surface area contributed by atoms with Crippen LogP contribution in [-0.4, -0.2) is 27.6 Å². The Morgan fingerprint density at radius 1 is 1.17 bits per heavy atom. The van der Waals surface area contributed by atoms with Crippen LogP contribution in [0.3, 0.4) is 0 Å². The molecule has 1 amide bonds. The fourth-order valence-corrected chi connectivity index (χ4v) is 2.37. The molecule has 9 heteroatoms. The van der Waals surface area contributed by atoms with E-state index in [1.54, 1.807) is 0 Å². The number of carbonyl (C=O) groups is 1. The molecule has 0 atom stereocenters. The van der Waals surface area contributed by atoms with Crippen LogP contribution in [0.15, 0.2) is 34.7 Å². The van der Waals surface area contributed by atoms with E-state index in [1.807, 2.05) is 30.3 Å². The maximum absolute atomic E-state index is 11.6. The summed E-state index contributed by atoms with van der Waals surface area (Å²) in [6, 6.07) is 9.41. The lowest BCUT2D eigenvalue weighted by Crippen LogP contribution is -2.26. The number of fused-ring (bicyclic) bond motifs is 1. The summed E-state index contributed by atoms with van der Waals surface area (Å²) >= 11 is 11.6. The Labute approximate surface area is 147 Å². The van der Waals surface area contributed by atoms with Gasteiger partial charge in [-0.1, -0.05) is 41.9 Å². The van der Waals surface area contributed by atoms with Crippen LogP contribution >= 0.6 is 23.2 Å². The van der Waals surface area contributed by atoms with Crippen molar-refractivity contribution in [3.8, 4) is 0 Å². The van der Waals surface area contributed by atoms with E-state index in [0.29, 0.717) is 24.4 Å². The summed E-state index contributed by atoms with van der Waals surface area (Å²) in [5, 5.41) is 2.72. The number of amides is 1. The second-order valence-electron chi connectivity index (χ2n) is 4.78. The molecule has 24 heavy (non-hydrogen) atoms. The average Bonchev–Trinajstić information content (AvgIpc) is 2.97. The number of benzene rings is 1. The second kappa shape index (κ2) is 7.46. The van der Waals surface area contributed by atoms with Crippen molar-refractivity contribution < 1.29 is 13.9 Å². The first kappa shape index (κ1) is 16.5. The standard InChI is InChI=1S/C15H12Cl2N4O3/c16-12-11-13(21-14(17)20-12)24-10(19-11)6-7-18-15(22)23-8-9-4-2-1-3-5-9/h1-5H,6-8H2,(H,18,22). The Kier molecular flexibility index (Phi) is 5.12. The molecule has 0 unspecified atom stereocenters. The number of nitrogens with one attached hydrogen (secondary N) is 1. The molecule has 1 aromatic carbocycles. The van der Waals surface area contributed by atoms with Crippen LogP contribution < -0.4 is 5.32 Å². The molecule has 7 nitrogen and oxygen atoms in total. The topological polar surface area (TPSA) is 90.1 Å². The van der Waals surface area contributed by atoms with Crippen molar-refractivity contribution in [3.05, 3.63) is 52.2 Å². The highest BCUT2D eigenvalue weighted by atomic mass is 35.5. The lowest BCUT2D eigenvalue weighted by molar-refractivity contribution is 0.139. The lowest BCUT2D eigenvalue weighted by Gasteiger charge is -2.05. The minimum absolute atomic E-state index is 0.0159. The van der Waals surface area contributed by atoms with E-state index in [4.69, 9.17) is 32.4 Å². The van der Waals surface area contributed by atoms with E-state index in [0.717, 1.165) is 5.56 Å². The first-order valence-corrected chi connectivity index (χ1v) is 7.80. The molecular formula is C15H12Cl2N4O3. The molecule has 2 heterocycles. The van der Waals surface area contributed by atoms with Gasteiger partial charge in [-0.2, -0.15) is 4.98 Å². The first-order valence-electron chi connectivity index (χ1n) is 7.05. The van der Waals surface area contributed by atoms with Gasteiger partial charge in [0.15, 0.2) is 16.6 Å². The van der Waals surface area contributed by atoms with Crippen LogP contribution in [0.5, 0.6) is 0 Å². The molecule has 2 aromatic heterocycles. The van der Waals surface area contributed by atoms with Crippen molar-refractivity contribution in [2.45, 2.75) is 13.0 Å². The van der Waals surface area contributed by atoms with Gasteiger partial charge in [0.2, 0.25) is 5.28 Å². The highest BCUT2D eigenvalue weighted by molar-refractivity contribution is 6.35. The number of halogens is 2. The van der Waals surface area contributed by atoms with E-state index in [2.05, 4.69) is 20.3 Å². The van der Waals surface area contributed by atoms with Crippen molar-refractivity contribution in [2.24, 2.45) is 0 Å². The highest BCUT2D eigenvalue weighted by Gasteiger charge is 2.13. The predicted molar refractivity (Wildman–Crippen MR) is 88.0 cm³/mol. The predicted octanol–water partition coefficient (Wildman–Crippen LogP) is 3.39. The molecule has 1 N–H and O–H groups in total. The van der Waals surface area contributed by atoms with Crippen molar-refractivity contribution >= 4 is 40.5 Å². The summed E-state index contributed by atoms with van der Waals surface area (Å²) in [7, 11) is 0. The third-order valence-electron chi connectivity index (χ3n) is 3.05. The molecule has 0 aliphatic carbocycles. The summed E-state index contributed by atoms with van der Waals surface area (Å²) in [4.78, 5) is 23.5. The van der Waals surface area contributed by atoms with Gasteiger partial charge in [-0.25, -0.2) is 14.8 Å². The van der Waals surface area contributed by atoms with Crippen molar-refractivity contribution in [3.63, 3.8) is 0 Å². The fourth-order valence-electron chi connectivity index (χ4n) is 1.96. The molecule has 0 spiro atoms. The Morgan fingerprint density at radius 2 is 1.96 bits per heavy atom. The number of carbonyl (C=O) groups excluding carboxylic acids is 1. The van der Waals surface area contributed by atoms with E-state index < -0.39 is 6.09 Å². The summed E-state index contributed by atoms with van der Waals surface area (Å²) in [5.74, 6) is 0.367. The fraction of sp³-hybridized carbons (Fsp3) is 0.200. The van der Waals surface area contributed by atoms with E-state index in [9.17, 15) is 4.79 Å². The third kappa shape index (κ3) is 4.12. The number of rotatable bonds is 5. The van der Waals surface area contributed by atoms with Crippen LogP contribution in [0, 0.1) is 0 Å². The van der Waals surface area contributed by atoms with Crippen LogP contribution in [0.1, 0.15) is 11.5 Å². The second-order valence-corrected chi connectivity index (χ2v) is 5.48. The number of hydrogen-bond donors (Lipinski definition) is 1. The Bertz CT molecular complexity index is 855. The first-order chi connectivity index (χ1) is 11.6. The van der Waals surface area contributed by atoms with Gasteiger partial charge < -0.3 is 14.5 Å². The van der Waals surface area contributed by atoms with E-state index >= 15 is 0 Å². The summed E-state index contributed by atoms with van der Waals surface area (Å²) in [5.41, 5.74) is 1.46. The van der Waals surface area contributed by atoms with Gasteiger partial charge in [-0.3, -0.25) is 0 Å². The molecule has 0 radical (unpaired) electrons. The Hall–Kier alpha value is -2.38. The van der Waals surface area contributed by atoms with E-state index in [-0.39, 0.29) is 22.8 Å². The molecule has 0 fully saturated rings. The van der Waals surface area contributed by atoms with Crippen molar-refractivity contribution in [2.75, 3.05) is 6.54 Å². The van der Waals surface area contributed by atoms with Gasteiger partial charge in [0, 0.05) is 13.0 Å². The zero-order valence-electron chi connectivity index (χ0n) is 12.3. The van der Waals surface area contributed by atoms with Gasteiger partial charge in [0.05, 0.1) is 0 Å². The quantitative estimate of drug-likeness (QED) is 0.549. The molecule has 3 rings (SSSR count). The molecular weight excluding hydrogens is 355 g/mol. The van der Waals surface area contributed by atoms with Crippen LogP contribution in [-0.2, 0) is 17.8 Å². The number of nitrogens with zero attached hydrogens (tertiary/aromatic N) is 3. The maximum Gasteiger partial charge on any atom is 0.407 e. The molecule has 0 aliphatic heterocycles. The number of hydrogen-bond acceptors (Lipinski definition) is 6. The highest BCUT2D eigenvalue weighted by Crippen LogP contribution is 2.22. The largest absolute Gasteiger partial charge is 0.445 e. The molecule has 124 valence electrons. The van der Waals surface area contributed by atoms with Gasteiger partial charge >= 0.3 is 6.09 Å². The van der Waals surface area contributed by atoms with Crippen LogP contribution in [0.2, 0.25) is 10.4 Å². The van der Waals surface area contributed by atoms with Crippen LogP contribution in [0.25, 0.3) is 11.2 Å². The molecule has 0 bridgehead atoms. The number of alkyl carbamates (subject to hydrolysis) is 1. The van der Waals surface area contributed by atoms with Gasteiger partial charge in [0.1, 0.15) is 6.61 Å². The minimum Gasteiger partial charge on any atom is -0.445 e. The number of aromatic nitrogens is 3. The normalized spacial score (nSPS) is 10.8. The smallest absolute Gasteiger partial charge is 0.407 e. The zero-order chi connectivity index (χ0) is 16.9. The molecule has 3 aromatic rings. The monoisotopic (exact) mass is 366 g/mol. The molecule has 0 saturated heterocycles. The van der Waals surface area contributed by atoms with Crippen LogP contribution in [0.4, 0.5) is 4.79 Å². The van der Waals surface area contributed by atoms with Gasteiger partial charge in [-0.15, -0.1) is 0 Å². The van der Waals surface area contributed by atoms with Gasteiger partial charge in [-0.05, 0) is 17.2 Å². The zero-order valence-corrected chi connectivity index (χ0v) is 13.8. The summed E-state index contributed by atoms with van der Waals surface area (Å²) in [6.45, 7) is 0.498. The third-order valence-corrected chi connectivity index (χ3v) is 3.49. The lowest BCUT2D eigenvalue weighted by atomic mass is 10.2. The minimum atomic E-state index is -0.518. The average molecular weight is 367 g/mol. The Morgan fingerprint density at radius 3 is 2.75 bits per heavy atom. The number of ether oxygens (including phenoxy) is 1. The van der Waals surface area contributed by atoms with Crippen molar-refractivity contribution in [1.29, 1.82) is 0 Å². The summed E-state index contributed by atoms with van der Waals surface area (Å²) < 4.78 is 10.5.